The standard InChI is InChI=1S/C16H29N4O4S/c1-25(23,24)19-9-7-18(8-10-19)11-14(21)12-20-13-3-2-5-16(20,6-4-13)15(17)22/h2,13-14,21H,3-12H2,1H3,(H2,17,22)/t13-,14+,16+/m1/s1. The predicted molar refractivity (Wildman–Crippen MR) is 94.1 cm³/mol. The number of β-amino-alcohol motifs (C(OH)–C–C–N with tert-alkyl or cyclic N) is 1. The van der Waals surface area contributed by atoms with E-state index in [2.05, 4.69) is 16.2 Å². The van der Waals surface area contributed by atoms with Crippen LogP contribution in [0.2, 0.25) is 0 Å². The van der Waals surface area contributed by atoms with Crippen molar-refractivity contribution in [2.24, 2.45) is 5.73 Å². The highest BCUT2D eigenvalue weighted by molar-refractivity contribution is 7.88. The number of hydrogen-bond acceptors (Lipinski definition) is 6. The van der Waals surface area contributed by atoms with E-state index in [0.717, 1.165) is 19.3 Å². The minimum Gasteiger partial charge on any atom is -0.390 e. The summed E-state index contributed by atoms with van der Waals surface area (Å²) in [6, 6.07) is 0.290. The van der Waals surface area contributed by atoms with Crippen molar-refractivity contribution in [3.63, 3.8) is 0 Å². The molecule has 143 valence electrons. The summed E-state index contributed by atoms with van der Waals surface area (Å²) in [5, 5.41) is 10.6. The number of fused-ring (bicyclic) bond motifs is 2. The van der Waals surface area contributed by atoms with Gasteiger partial charge in [-0.25, -0.2) is 8.42 Å². The van der Waals surface area contributed by atoms with Crippen LogP contribution in [0.15, 0.2) is 0 Å². The van der Waals surface area contributed by atoms with Crippen molar-refractivity contribution in [2.45, 2.75) is 43.4 Å². The highest BCUT2D eigenvalue weighted by Crippen LogP contribution is 2.43. The number of carbonyl (C=O) groups is 1. The molecule has 1 radical (unpaired) electrons. The number of amides is 1. The lowest BCUT2D eigenvalue weighted by atomic mass is 9.87. The Hall–Kier alpha value is -0.740. The van der Waals surface area contributed by atoms with Crippen molar-refractivity contribution in [3.05, 3.63) is 6.42 Å². The molecule has 3 atom stereocenters. The lowest BCUT2D eigenvalue weighted by Gasteiger charge is -2.44. The normalized spacial score (nSPS) is 33.4. The van der Waals surface area contributed by atoms with Crippen LogP contribution in [-0.2, 0) is 14.8 Å². The first-order valence-electron chi connectivity index (χ1n) is 8.96. The summed E-state index contributed by atoms with van der Waals surface area (Å²) in [5.74, 6) is -0.292. The van der Waals surface area contributed by atoms with E-state index < -0.39 is 21.7 Å². The second kappa shape index (κ2) is 7.11. The number of nitrogens with zero attached hydrogens (tertiary/aromatic N) is 3. The van der Waals surface area contributed by atoms with Crippen LogP contribution in [0.4, 0.5) is 0 Å². The number of piperidine rings is 1. The van der Waals surface area contributed by atoms with E-state index in [0.29, 0.717) is 45.7 Å². The first-order valence-corrected chi connectivity index (χ1v) is 10.8. The average Bonchev–Trinajstić information content (AvgIpc) is 2.74. The maximum Gasteiger partial charge on any atom is 0.237 e. The molecular weight excluding hydrogens is 344 g/mol. The van der Waals surface area contributed by atoms with Crippen LogP contribution in [0.3, 0.4) is 0 Å². The fraction of sp³-hybridized carbons (Fsp3) is 0.875. The molecule has 0 saturated carbocycles. The predicted octanol–water partition coefficient (Wildman–Crippen LogP) is -1.39. The van der Waals surface area contributed by atoms with E-state index in [9.17, 15) is 18.3 Å². The highest BCUT2D eigenvalue weighted by atomic mass is 32.2. The van der Waals surface area contributed by atoms with Crippen LogP contribution in [0.1, 0.15) is 25.7 Å². The Bertz CT molecular complexity index is 601. The average molecular weight is 373 g/mol. The molecule has 3 aliphatic rings. The first kappa shape index (κ1) is 19.0. The third-order valence-corrected chi connectivity index (χ3v) is 7.24. The van der Waals surface area contributed by atoms with Gasteiger partial charge in [0.05, 0.1) is 12.4 Å². The molecule has 8 nitrogen and oxygen atoms in total. The van der Waals surface area contributed by atoms with Crippen LogP contribution in [0.5, 0.6) is 0 Å². The van der Waals surface area contributed by atoms with Crippen molar-refractivity contribution < 1.29 is 18.3 Å². The molecule has 3 aliphatic heterocycles. The van der Waals surface area contributed by atoms with E-state index >= 15 is 0 Å². The summed E-state index contributed by atoms with van der Waals surface area (Å²) in [6.07, 6.45) is 6.11. The summed E-state index contributed by atoms with van der Waals surface area (Å²) in [5.41, 5.74) is 5.06. The third kappa shape index (κ3) is 3.85. The molecule has 3 heterocycles. The van der Waals surface area contributed by atoms with Gasteiger partial charge in [0.15, 0.2) is 0 Å². The monoisotopic (exact) mass is 373 g/mol. The molecule has 0 aromatic heterocycles. The number of nitrogens with two attached hydrogens (primary N) is 1. The molecule has 1 amide bonds. The minimum atomic E-state index is -3.14. The molecular formula is C16H29N4O4S. The molecule has 3 rings (SSSR count). The van der Waals surface area contributed by atoms with Gasteiger partial charge in [0.2, 0.25) is 15.9 Å². The summed E-state index contributed by atoms with van der Waals surface area (Å²) in [4.78, 5) is 16.3. The van der Waals surface area contributed by atoms with Crippen molar-refractivity contribution in [1.82, 2.24) is 14.1 Å². The van der Waals surface area contributed by atoms with Gasteiger partial charge in [-0.1, -0.05) is 0 Å². The van der Waals surface area contributed by atoms with E-state index in [1.165, 1.54) is 10.6 Å². The van der Waals surface area contributed by atoms with Gasteiger partial charge >= 0.3 is 0 Å². The van der Waals surface area contributed by atoms with E-state index in [4.69, 9.17) is 5.73 Å². The van der Waals surface area contributed by atoms with E-state index in [1.54, 1.807) is 0 Å². The number of primary amides is 1. The largest absolute Gasteiger partial charge is 0.390 e. The number of aliphatic hydroxyl groups is 1. The number of aliphatic hydroxyl groups excluding tert-OH is 1. The molecule has 9 heteroatoms. The minimum absolute atomic E-state index is 0.290. The molecule has 0 aliphatic carbocycles. The van der Waals surface area contributed by atoms with Crippen LogP contribution < -0.4 is 5.73 Å². The van der Waals surface area contributed by atoms with Gasteiger partial charge in [-0.15, -0.1) is 0 Å². The summed E-state index contributed by atoms with van der Waals surface area (Å²) < 4.78 is 24.6. The Kier molecular flexibility index (Phi) is 5.41. The number of carbonyl (C=O) groups excluding carboxylic acids is 1. The maximum atomic E-state index is 12.1. The van der Waals surface area contributed by atoms with Crippen molar-refractivity contribution >= 4 is 15.9 Å². The lowest BCUT2D eigenvalue weighted by molar-refractivity contribution is -0.131. The highest BCUT2D eigenvalue weighted by Gasteiger charge is 2.52. The van der Waals surface area contributed by atoms with Crippen molar-refractivity contribution in [2.75, 3.05) is 45.5 Å². The topological polar surface area (TPSA) is 107 Å². The number of piperazine rings is 1. The van der Waals surface area contributed by atoms with Crippen molar-refractivity contribution in [3.8, 4) is 0 Å². The van der Waals surface area contributed by atoms with Gasteiger partial charge in [-0.3, -0.25) is 14.6 Å². The van der Waals surface area contributed by atoms with E-state index in [1.807, 2.05) is 0 Å². The Morgan fingerprint density at radius 1 is 1.32 bits per heavy atom. The van der Waals surface area contributed by atoms with Gasteiger partial charge in [0.1, 0.15) is 5.54 Å². The molecule has 0 spiro atoms. The molecule has 25 heavy (non-hydrogen) atoms. The van der Waals surface area contributed by atoms with Gasteiger partial charge in [0, 0.05) is 45.3 Å². The number of hydrogen-bond donors (Lipinski definition) is 2. The Balaban J connectivity index is 1.55. The summed E-state index contributed by atoms with van der Waals surface area (Å²) in [6.45, 7) is 3.06. The smallest absolute Gasteiger partial charge is 0.237 e. The first-order chi connectivity index (χ1) is 11.7. The second-order valence-corrected chi connectivity index (χ2v) is 9.57. The number of rotatable bonds is 6. The van der Waals surface area contributed by atoms with Crippen LogP contribution in [-0.4, -0.2) is 96.7 Å². The zero-order chi connectivity index (χ0) is 18.2. The van der Waals surface area contributed by atoms with E-state index in [-0.39, 0.29) is 11.9 Å². The third-order valence-electron chi connectivity index (χ3n) is 5.94. The summed E-state index contributed by atoms with van der Waals surface area (Å²) >= 11 is 0. The van der Waals surface area contributed by atoms with Crippen LogP contribution in [0.25, 0.3) is 0 Å². The van der Waals surface area contributed by atoms with Crippen molar-refractivity contribution in [1.29, 1.82) is 0 Å². The Morgan fingerprint density at radius 3 is 2.60 bits per heavy atom. The fourth-order valence-corrected chi connectivity index (χ4v) is 5.38. The lowest BCUT2D eigenvalue weighted by Crippen LogP contribution is -2.60. The molecule has 0 unspecified atom stereocenters. The van der Waals surface area contributed by atoms with Gasteiger partial charge in [-0.05, 0) is 32.1 Å². The van der Waals surface area contributed by atoms with Crippen LogP contribution >= 0.6 is 0 Å². The Morgan fingerprint density at radius 2 is 2.00 bits per heavy atom. The number of sulfonamides is 1. The van der Waals surface area contributed by atoms with Gasteiger partial charge < -0.3 is 10.8 Å². The molecule has 3 N–H and O–H groups in total. The Labute approximate surface area is 150 Å². The molecule has 0 aromatic carbocycles. The SMILES string of the molecule is CS(=O)(=O)N1CCN(C[C@H](O)CN2[C@@H]3C[CH]C[C@@]2(C(N)=O)CC3)CC1. The fourth-order valence-electron chi connectivity index (χ4n) is 4.55. The maximum absolute atomic E-state index is 12.1. The molecule has 0 aromatic rings. The molecule has 3 fully saturated rings. The quantitative estimate of drug-likeness (QED) is 0.594. The van der Waals surface area contributed by atoms with Crippen LogP contribution in [0, 0.1) is 6.42 Å². The summed E-state index contributed by atoms with van der Waals surface area (Å²) in [7, 11) is -3.14. The van der Waals surface area contributed by atoms with Gasteiger partial charge in [0.25, 0.3) is 0 Å². The van der Waals surface area contributed by atoms with Gasteiger partial charge in [-0.2, -0.15) is 4.31 Å². The zero-order valence-electron chi connectivity index (χ0n) is 14.8. The molecule has 2 bridgehead atoms. The molecule has 3 saturated heterocycles. The zero-order valence-corrected chi connectivity index (χ0v) is 15.6. The second-order valence-electron chi connectivity index (χ2n) is 7.59.